The highest BCUT2D eigenvalue weighted by Crippen LogP contribution is 2.19. The number of nitrogens with one attached hydrogen (secondary N) is 1. The molecule has 1 aromatic carbocycles. The van der Waals surface area contributed by atoms with Gasteiger partial charge in [0.2, 0.25) is 0 Å². The summed E-state index contributed by atoms with van der Waals surface area (Å²) in [6.45, 7) is 2.21. The molecular weight excluding hydrogens is 256 g/mol. The minimum atomic E-state index is -0.452. The van der Waals surface area contributed by atoms with E-state index in [1.165, 1.54) is 6.20 Å². The maximum atomic E-state index is 10.7. The number of nitro groups is 1. The van der Waals surface area contributed by atoms with Crippen molar-refractivity contribution in [1.82, 2.24) is 4.98 Å². The van der Waals surface area contributed by atoms with Crippen LogP contribution in [0.3, 0.4) is 0 Å². The second-order valence-corrected chi connectivity index (χ2v) is 4.28. The Morgan fingerprint density at radius 1 is 1.40 bits per heavy atom. The van der Waals surface area contributed by atoms with Crippen LogP contribution >= 0.6 is 0 Å². The van der Waals surface area contributed by atoms with Gasteiger partial charge in [0.15, 0.2) is 0 Å². The average Bonchev–Trinajstić information content (AvgIpc) is 2.45. The first-order valence-corrected chi connectivity index (χ1v) is 5.94. The molecular formula is C14H12N4O2. The second-order valence-electron chi connectivity index (χ2n) is 4.28. The predicted molar refractivity (Wildman–Crippen MR) is 74.1 cm³/mol. The topological polar surface area (TPSA) is 91.8 Å². The van der Waals surface area contributed by atoms with Crippen molar-refractivity contribution < 1.29 is 4.92 Å². The van der Waals surface area contributed by atoms with Gasteiger partial charge in [-0.2, -0.15) is 5.26 Å². The van der Waals surface area contributed by atoms with E-state index >= 15 is 0 Å². The van der Waals surface area contributed by atoms with E-state index in [2.05, 4.69) is 16.4 Å². The summed E-state index contributed by atoms with van der Waals surface area (Å²) in [5.74, 6) is 0.581. The van der Waals surface area contributed by atoms with Crippen LogP contribution in [-0.2, 0) is 6.54 Å². The van der Waals surface area contributed by atoms with Crippen molar-refractivity contribution in [3.8, 4) is 6.07 Å². The monoisotopic (exact) mass is 268 g/mol. The number of benzene rings is 1. The summed E-state index contributed by atoms with van der Waals surface area (Å²) in [5.41, 5.74) is 2.18. The summed E-state index contributed by atoms with van der Waals surface area (Å²) >= 11 is 0. The van der Waals surface area contributed by atoms with Gasteiger partial charge in [0.05, 0.1) is 16.6 Å². The van der Waals surface area contributed by atoms with E-state index in [0.717, 1.165) is 5.56 Å². The van der Waals surface area contributed by atoms with E-state index in [-0.39, 0.29) is 5.69 Å². The minimum Gasteiger partial charge on any atom is -0.366 e. The van der Waals surface area contributed by atoms with Crippen molar-refractivity contribution >= 4 is 11.5 Å². The molecule has 6 heteroatoms. The number of nitriles is 1. The van der Waals surface area contributed by atoms with E-state index in [1.54, 1.807) is 25.1 Å². The van der Waals surface area contributed by atoms with Gasteiger partial charge >= 0.3 is 0 Å². The normalized spacial score (nSPS) is 9.80. The van der Waals surface area contributed by atoms with Gasteiger partial charge < -0.3 is 5.32 Å². The Morgan fingerprint density at radius 3 is 2.65 bits per heavy atom. The molecule has 0 saturated carbocycles. The third kappa shape index (κ3) is 3.09. The van der Waals surface area contributed by atoms with Gasteiger partial charge in [-0.05, 0) is 30.7 Å². The van der Waals surface area contributed by atoms with Crippen molar-refractivity contribution in [3.05, 3.63) is 63.3 Å². The lowest BCUT2D eigenvalue weighted by Crippen LogP contribution is -2.02. The molecule has 0 amide bonds. The first kappa shape index (κ1) is 13.5. The van der Waals surface area contributed by atoms with Crippen LogP contribution in [0, 0.1) is 28.4 Å². The Hall–Kier alpha value is -2.94. The summed E-state index contributed by atoms with van der Waals surface area (Å²) in [6, 6.07) is 10.9. The first-order valence-electron chi connectivity index (χ1n) is 5.94. The molecule has 0 bridgehead atoms. The standard InChI is InChI=1S/C14H12N4O2/c1-10-6-14(17-9-13(10)18(19)20)16-8-12-4-2-11(7-15)3-5-12/h2-6,9H,8H2,1H3,(H,16,17). The molecule has 0 aliphatic carbocycles. The number of anilines is 1. The van der Waals surface area contributed by atoms with Crippen LogP contribution in [0.25, 0.3) is 0 Å². The number of nitrogens with zero attached hydrogens (tertiary/aromatic N) is 3. The molecule has 0 aliphatic rings. The first-order chi connectivity index (χ1) is 9.60. The van der Waals surface area contributed by atoms with Crippen LogP contribution in [-0.4, -0.2) is 9.91 Å². The van der Waals surface area contributed by atoms with Gasteiger partial charge in [-0.3, -0.25) is 10.1 Å². The molecule has 0 atom stereocenters. The summed E-state index contributed by atoms with van der Waals surface area (Å²) in [5, 5.41) is 22.5. The Bertz CT molecular complexity index is 675. The highest BCUT2D eigenvalue weighted by atomic mass is 16.6. The maximum absolute atomic E-state index is 10.7. The lowest BCUT2D eigenvalue weighted by atomic mass is 10.1. The highest BCUT2D eigenvalue weighted by Gasteiger charge is 2.11. The number of hydrogen-bond acceptors (Lipinski definition) is 5. The van der Waals surface area contributed by atoms with E-state index in [4.69, 9.17) is 5.26 Å². The molecule has 0 spiro atoms. The molecule has 6 nitrogen and oxygen atoms in total. The number of hydrogen-bond donors (Lipinski definition) is 1. The molecule has 1 aromatic heterocycles. The zero-order valence-electron chi connectivity index (χ0n) is 10.8. The summed E-state index contributed by atoms with van der Waals surface area (Å²) < 4.78 is 0. The number of aryl methyl sites for hydroxylation is 1. The summed E-state index contributed by atoms with van der Waals surface area (Å²) in [4.78, 5) is 14.2. The van der Waals surface area contributed by atoms with Crippen LogP contribution in [0.15, 0.2) is 36.5 Å². The molecule has 20 heavy (non-hydrogen) atoms. The lowest BCUT2D eigenvalue weighted by molar-refractivity contribution is -0.385. The van der Waals surface area contributed by atoms with E-state index < -0.39 is 4.92 Å². The van der Waals surface area contributed by atoms with Crippen molar-refractivity contribution in [2.75, 3.05) is 5.32 Å². The smallest absolute Gasteiger partial charge is 0.290 e. The van der Waals surface area contributed by atoms with E-state index in [9.17, 15) is 10.1 Å². The number of rotatable bonds is 4. The molecule has 0 fully saturated rings. The van der Waals surface area contributed by atoms with Gasteiger partial charge in [-0.25, -0.2) is 4.98 Å². The maximum Gasteiger partial charge on any atom is 0.290 e. The predicted octanol–water partition coefficient (Wildman–Crippen LogP) is 2.78. The molecule has 2 rings (SSSR count). The van der Waals surface area contributed by atoms with Crippen molar-refractivity contribution in [2.45, 2.75) is 13.5 Å². The van der Waals surface area contributed by atoms with Crippen molar-refractivity contribution in [1.29, 1.82) is 5.26 Å². The number of aromatic nitrogens is 1. The average molecular weight is 268 g/mol. The van der Waals surface area contributed by atoms with Crippen LogP contribution in [0.2, 0.25) is 0 Å². The van der Waals surface area contributed by atoms with Crippen LogP contribution in [0.1, 0.15) is 16.7 Å². The molecule has 2 aromatic rings. The fraction of sp³-hybridized carbons (Fsp3) is 0.143. The Morgan fingerprint density at radius 2 is 2.10 bits per heavy atom. The fourth-order valence-corrected chi connectivity index (χ4v) is 1.73. The van der Waals surface area contributed by atoms with E-state index in [0.29, 0.717) is 23.5 Å². The summed E-state index contributed by atoms with van der Waals surface area (Å²) in [6.07, 6.45) is 1.25. The zero-order chi connectivity index (χ0) is 14.5. The Labute approximate surface area is 115 Å². The molecule has 100 valence electrons. The Kier molecular flexibility index (Phi) is 3.91. The largest absolute Gasteiger partial charge is 0.366 e. The van der Waals surface area contributed by atoms with Gasteiger partial charge in [-0.1, -0.05) is 12.1 Å². The third-order valence-corrected chi connectivity index (χ3v) is 2.84. The highest BCUT2D eigenvalue weighted by molar-refractivity contribution is 5.47. The molecule has 0 unspecified atom stereocenters. The van der Waals surface area contributed by atoms with Crippen LogP contribution < -0.4 is 5.32 Å². The Balaban J connectivity index is 2.05. The fourth-order valence-electron chi connectivity index (χ4n) is 1.73. The molecule has 0 radical (unpaired) electrons. The summed E-state index contributed by atoms with van der Waals surface area (Å²) in [7, 11) is 0. The molecule has 1 N–H and O–H groups in total. The third-order valence-electron chi connectivity index (χ3n) is 2.84. The number of pyridine rings is 1. The van der Waals surface area contributed by atoms with Gasteiger partial charge in [0, 0.05) is 12.1 Å². The van der Waals surface area contributed by atoms with Crippen molar-refractivity contribution in [3.63, 3.8) is 0 Å². The SMILES string of the molecule is Cc1cc(NCc2ccc(C#N)cc2)ncc1[N+](=O)[O-]. The van der Waals surface area contributed by atoms with Crippen LogP contribution in [0.4, 0.5) is 11.5 Å². The van der Waals surface area contributed by atoms with Crippen molar-refractivity contribution in [2.24, 2.45) is 0 Å². The second kappa shape index (κ2) is 5.80. The molecule has 1 heterocycles. The van der Waals surface area contributed by atoms with Gasteiger partial charge in [0.25, 0.3) is 5.69 Å². The van der Waals surface area contributed by atoms with Crippen LogP contribution in [0.5, 0.6) is 0 Å². The minimum absolute atomic E-state index is 0.00826. The van der Waals surface area contributed by atoms with E-state index in [1.807, 2.05) is 12.1 Å². The van der Waals surface area contributed by atoms with Gasteiger partial charge in [0.1, 0.15) is 12.0 Å². The molecule has 0 aliphatic heterocycles. The lowest BCUT2D eigenvalue weighted by Gasteiger charge is -2.06. The quantitative estimate of drug-likeness (QED) is 0.680. The van der Waals surface area contributed by atoms with Gasteiger partial charge in [-0.15, -0.1) is 0 Å². The zero-order valence-corrected chi connectivity index (χ0v) is 10.8. The molecule has 0 saturated heterocycles.